The molecule has 2 aromatic carbocycles. The Labute approximate surface area is 163 Å². The number of hydrogen-bond acceptors (Lipinski definition) is 3. The number of hydrogen-bond donors (Lipinski definition) is 1. The molecule has 2 heterocycles. The van der Waals surface area contributed by atoms with Crippen LogP contribution in [0.15, 0.2) is 67.0 Å². The number of aryl methyl sites for hydroxylation is 2. The van der Waals surface area contributed by atoms with E-state index in [0.29, 0.717) is 17.0 Å². The SMILES string of the molecule is COc1ccc(-c2cn3ccc(C)cc3n2)cc1NC(=O)c1ccccc1C. The molecule has 0 saturated heterocycles. The van der Waals surface area contributed by atoms with Crippen LogP contribution in [0.1, 0.15) is 21.5 Å². The van der Waals surface area contributed by atoms with E-state index in [-0.39, 0.29) is 5.91 Å². The van der Waals surface area contributed by atoms with E-state index < -0.39 is 0 Å². The highest BCUT2D eigenvalue weighted by Crippen LogP contribution is 2.31. The number of fused-ring (bicyclic) bond motifs is 1. The topological polar surface area (TPSA) is 55.6 Å². The molecule has 0 aliphatic rings. The van der Waals surface area contributed by atoms with E-state index in [1.54, 1.807) is 7.11 Å². The number of carbonyl (C=O) groups is 1. The first-order valence-corrected chi connectivity index (χ1v) is 9.06. The maximum Gasteiger partial charge on any atom is 0.256 e. The highest BCUT2D eigenvalue weighted by Gasteiger charge is 2.14. The minimum atomic E-state index is -0.167. The molecule has 1 amide bonds. The van der Waals surface area contributed by atoms with E-state index in [1.165, 1.54) is 0 Å². The number of nitrogens with zero attached hydrogens (tertiary/aromatic N) is 2. The second kappa shape index (κ2) is 7.19. The van der Waals surface area contributed by atoms with Gasteiger partial charge in [0.25, 0.3) is 5.91 Å². The number of benzene rings is 2. The number of ether oxygens (including phenoxy) is 1. The maximum atomic E-state index is 12.7. The lowest BCUT2D eigenvalue weighted by molar-refractivity contribution is 0.102. The van der Waals surface area contributed by atoms with Crippen LogP contribution in [0.2, 0.25) is 0 Å². The van der Waals surface area contributed by atoms with Gasteiger partial charge in [-0.15, -0.1) is 0 Å². The minimum Gasteiger partial charge on any atom is -0.495 e. The van der Waals surface area contributed by atoms with Gasteiger partial charge in [0.05, 0.1) is 18.5 Å². The van der Waals surface area contributed by atoms with Gasteiger partial charge in [-0.3, -0.25) is 4.79 Å². The van der Waals surface area contributed by atoms with Crippen molar-refractivity contribution in [3.63, 3.8) is 0 Å². The van der Waals surface area contributed by atoms with Crippen molar-refractivity contribution in [2.75, 3.05) is 12.4 Å². The Morgan fingerprint density at radius 3 is 2.68 bits per heavy atom. The van der Waals surface area contributed by atoms with Gasteiger partial charge in [-0.25, -0.2) is 4.98 Å². The zero-order valence-corrected chi connectivity index (χ0v) is 16.1. The zero-order valence-electron chi connectivity index (χ0n) is 16.1. The maximum absolute atomic E-state index is 12.7. The molecule has 0 aliphatic carbocycles. The zero-order chi connectivity index (χ0) is 19.7. The van der Waals surface area contributed by atoms with E-state index in [0.717, 1.165) is 28.0 Å². The molecule has 5 nitrogen and oxygen atoms in total. The highest BCUT2D eigenvalue weighted by molar-refractivity contribution is 6.06. The van der Waals surface area contributed by atoms with Crippen molar-refractivity contribution >= 4 is 17.2 Å². The van der Waals surface area contributed by atoms with Gasteiger partial charge in [0, 0.05) is 23.5 Å². The van der Waals surface area contributed by atoms with Crippen LogP contribution in [0.4, 0.5) is 5.69 Å². The molecule has 0 unspecified atom stereocenters. The molecule has 0 aliphatic heterocycles. The summed E-state index contributed by atoms with van der Waals surface area (Å²) in [7, 11) is 1.59. The predicted molar refractivity (Wildman–Crippen MR) is 111 cm³/mol. The van der Waals surface area contributed by atoms with E-state index in [9.17, 15) is 4.79 Å². The lowest BCUT2D eigenvalue weighted by Gasteiger charge is -2.12. The molecule has 0 atom stereocenters. The number of anilines is 1. The fraction of sp³-hybridized carbons (Fsp3) is 0.130. The average Bonchev–Trinajstić information content (AvgIpc) is 3.11. The van der Waals surface area contributed by atoms with Crippen LogP contribution in [0.3, 0.4) is 0 Å². The normalized spacial score (nSPS) is 10.8. The first kappa shape index (κ1) is 17.8. The number of carbonyl (C=O) groups excluding carboxylic acids is 1. The van der Waals surface area contributed by atoms with Gasteiger partial charge in [-0.2, -0.15) is 0 Å². The molecule has 5 heteroatoms. The second-order valence-electron chi connectivity index (χ2n) is 6.78. The van der Waals surface area contributed by atoms with Crippen LogP contribution in [0.25, 0.3) is 16.9 Å². The molecule has 0 bridgehead atoms. The molecule has 0 fully saturated rings. The van der Waals surface area contributed by atoms with Crippen LogP contribution >= 0.6 is 0 Å². The molecule has 0 saturated carbocycles. The number of imidazole rings is 1. The lowest BCUT2D eigenvalue weighted by atomic mass is 10.1. The van der Waals surface area contributed by atoms with E-state index in [1.807, 2.05) is 85.2 Å². The number of rotatable bonds is 4. The number of pyridine rings is 1. The highest BCUT2D eigenvalue weighted by atomic mass is 16.5. The van der Waals surface area contributed by atoms with Gasteiger partial charge in [0.1, 0.15) is 11.4 Å². The van der Waals surface area contributed by atoms with Gasteiger partial charge in [-0.05, 0) is 61.4 Å². The number of methoxy groups -OCH3 is 1. The van der Waals surface area contributed by atoms with Crippen molar-refractivity contribution in [3.8, 4) is 17.0 Å². The summed E-state index contributed by atoms with van der Waals surface area (Å²) in [5.74, 6) is 0.435. The fourth-order valence-electron chi connectivity index (χ4n) is 3.21. The van der Waals surface area contributed by atoms with Gasteiger partial charge in [0.15, 0.2) is 0 Å². The van der Waals surface area contributed by atoms with Crippen molar-refractivity contribution in [1.29, 1.82) is 0 Å². The van der Waals surface area contributed by atoms with E-state index in [2.05, 4.69) is 5.32 Å². The Bertz CT molecular complexity index is 1180. The largest absolute Gasteiger partial charge is 0.495 e. The predicted octanol–water partition coefficient (Wildman–Crippen LogP) is 4.88. The molecular formula is C23H21N3O2. The van der Waals surface area contributed by atoms with Crippen LogP contribution < -0.4 is 10.1 Å². The number of amides is 1. The number of aromatic nitrogens is 2. The van der Waals surface area contributed by atoms with Crippen molar-refractivity contribution in [3.05, 3.63) is 83.7 Å². The van der Waals surface area contributed by atoms with Crippen LogP contribution in [0.5, 0.6) is 5.75 Å². The monoisotopic (exact) mass is 371 g/mol. The summed E-state index contributed by atoms with van der Waals surface area (Å²) in [6, 6.07) is 17.3. The Morgan fingerprint density at radius 1 is 1.07 bits per heavy atom. The first-order valence-electron chi connectivity index (χ1n) is 9.06. The van der Waals surface area contributed by atoms with E-state index >= 15 is 0 Å². The first-order chi connectivity index (χ1) is 13.5. The summed E-state index contributed by atoms with van der Waals surface area (Å²) in [5.41, 5.74) is 5.95. The van der Waals surface area contributed by atoms with Crippen molar-refractivity contribution in [1.82, 2.24) is 9.38 Å². The molecule has 0 radical (unpaired) electrons. The quantitative estimate of drug-likeness (QED) is 0.556. The van der Waals surface area contributed by atoms with E-state index in [4.69, 9.17) is 9.72 Å². The van der Waals surface area contributed by atoms with Gasteiger partial charge >= 0.3 is 0 Å². The second-order valence-corrected chi connectivity index (χ2v) is 6.78. The molecular weight excluding hydrogens is 350 g/mol. The van der Waals surface area contributed by atoms with Gasteiger partial charge in [-0.1, -0.05) is 18.2 Å². The molecule has 1 N–H and O–H groups in total. The summed E-state index contributed by atoms with van der Waals surface area (Å²) in [6.07, 6.45) is 3.97. The van der Waals surface area contributed by atoms with Gasteiger partial charge in [0.2, 0.25) is 0 Å². The van der Waals surface area contributed by atoms with Crippen molar-refractivity contribution in [2.45, 2.75) is 13.8 Å². The summed E-state index contributed by atoms with van der Waals surface area (Å²) < 4.78 is 7.42. The summed E-state index contributed by atoms with van der Waals surface area (Å²) in [6.45, 7) is 3.96. The Morgan fingerprint density at radius 2 is 1.89 bits per heavy atom. The third-order valence-electron chi connectivity index (χ3n) is 4.75. The third-order valence-corrected chi connectivity index (χ3v) is 4.75. The van der Waals surface area contributed by atoms with Crippen LogP contribution in [0, 0.1) is 13.8 Å². The minimum absolute atomic E-state index is 0.167. The molecule has 4 aromatic rings. The summed E-state index contributed by atoms with van der Waals surface area (Å²) in [5, 5.41) is 2.97. The van der Waals surface area contributed by atoms with Crippen molar-refractivity contribution in [2.24, 2.45) is 0 Å². The average molecular weight is 371 g/mol. The summed E-state index contributed by atoms with van der Waals surface area (Å²) >= 11 is 0. The summed E-state index contributed by atoms with van der Waals surface area (Å²) in [4.78, 5) is 17.4. The van der Waals surface area contributed by atoms with Crippen LogP contribution in [-0.4, -0.2) is 22.4 Å². The number of nitrogens with one attached hydrogen (secondary N) is 1. The van der Waals surface area contributed by atoms with Crippen LogP contribution in [-0.2, 0) is 0 Å². The van der Waals surface area contributed by atoms with Crippen molar-refractivity contribution < 1.29 is 9.53 Å². The fourth-order valence-corrected chi connectivity index (χ4v) is 3.21. The smallest absolute Gasteiger partial charge is 0.256 e. The standard InChI is InChI=1S/C23H21N3O2/c1-15-10-11-26-14-20(24-22(26)12-15)17-8-9-21(28-3)19(13-17)25-23(27)18-7-5-4-6-16(18)2/h4-14H,1-3H3,(H,25,27). The molecule has 0 spiro atoms. The van der Waals surface area contributed by atoms with Gasteiger partial charge < -0.3 is 14.5 Å². The molecule has 4 rings (SSSR count). The third kappa shape index (κ3) is 3.34. The lowest BCUT2D eigenvalue weighted by Crippen LogP contribution is -2.14. The molecule has 2 aromatic heterocycles. The Balaban J connectivity index is 1.71. The Kier molecular flexibility index (Phi) is 4.57. The Hall–Kier alpha value is -3.60. The molecule has 140 valence electrons. The molecule has 28 heavy (non-hydrogen) atoms.